The van der Waals surface area contributed by atoms with Crippen molar-refractivity contribution in [2.75, 3.05) is 12.8 Å². The molecule has 1 rings (SSSR count). The van der Waals surface area contributed by atoms with Gasteiger partial charge in [0.1, 0.15) is 5.75 Å². The van der Waals surface area contributed by atoms with Gasteiger partial charge in [-0.05, 0) is 62.0 Å². The van der Waals surface area contributed by atoms with Crippen LogP contribution in [0, 0.1) is 5.92 Å². The average Bonchev–Trinajstić information content (AvgIpc) is 2.56. The lowest BCUT2D eigenvalue weighted by molar-refractivity contribution is 0.415. The summed E-state index contributed by atoms with van der Waals surface area (Å²) in [6.45, 7) is 14.7. The van der Waals surface area contributed by atoms with Crippen LogP contribution in [0.4, 0.5) is 5.69 Å². The van der Waals surface area contributed by atoms with E-state index in [0.29, 0.717) is 5.92 Å². The van der Waals surface area contributed by atoms with Crippen molar-refractivity contribution in [1.82, 2.24) is 0 Å². The highest BCUT2D eigenvalue weighted by Crippen LogP contribution is 2.33. The number of methoxy groups -OCH3 is 1. The minimum atomic E-state index is 0.481. The molecule has 0 saturated carbocycles. The van der Waals surface area contributed by atoms with Crippen molar-refractivity contribution < 1.29 is 4.74 Å². The molecule has 1 aromatic rings. The van der Waals surface area contributed by atoms with E-state index in [0.717, 1.165) is 29.0 Å². The van der Waals surface area contributed by atoms with Crippen LogP contribution in [0.3, 0.4) is 0 Å². The quantitative estimate of drug-likeness (QED) is 0.480. The van der Waals surface area contributed by atoms with Crippen LogP contribution >= 0.6 is 0 Å². The van der Waals surface area contributed by atoms with E-state index in [1.54, 1.807) is 7.11 Å². The maximum absolute atomic E-state index is 6.23. The summed E-state index contributed by atoms with van der Waals surface area (Å²) in [5.41, 5.74) is 12.9. The zero-order chi connectivity index (χ0) is 18.3. The van der Waals surface area contributed by atoms with Crippen molar-refractivity contribution >= 4 is 11.3 Å². The van der Waals surface area contributed by atoms with Crippen molar-refractivity contribution in [1.29, 1.82) is 0 Å². The first-order valence-electron chi connectivity index (χ1n) is 8.47. The molecular weight excluding hydrogens is 294 g/mol. The third-order valence-electron chi connectivity index (χ3n) is 4.46. The van der Waals surface area contributed by atoms with Gasteiger partial charge in [0.25, 0.3) is 0 Å². The van der Waals surface area contributed by atoms with E-state index in [2.05, 4.69) is 46.4 Å². The molecule has 0 bridgehead atoms. The second kappa shape index (κ2) is 9.17. The minimum Gasteiger partial charge on any atom is -0.497 e. The van der Waals surface area contributed by atoms with Crippen LogP contribution < -0.4 is 10.5 Å². The molecule has 0 saturated heterocycles. The molecule has 1 aromatic carbocycles. The van der Waals surface area contributed by atoms with Crippen LogP contribution in [-0.2, 0) is 0 Å². The van der Waals surface area contributed by atoms with Gasteiger partial charge in [0.05, 0.1) is 7.11 Å². The molecule has 0 heterocycles. The molecule has 0 amide bonds. The van der Waals surface area contributed by atoms with E-state index in [1.165, 1.54) is 16.7 Å². The van der Waals surface area contributed by atoms with E-state index in [9.17, 15) is 0 Å². The van der Waals surface area contributed by atoms with Gasteiger partial charge >= 0.3 is 0 Å². The highest BCUT2D eigenvalue weighted by Gasteiger charge is 2.13. The highest BCUT2D eigenvalue weighted by molar-refractivity contribution is 5.79. The van der Waals surface area contributed by atoms with Gasteiger partial charge in [-0.2, -0.15) is 0 Å². The number of rotatable bonds is 7. The molecular formula is C22H31NO. The molecule has 0 radical (unpaired) electrons. The predicted molar refractivity (Wildman–Crippen MR) is 107 cm³/mol. The summed E-state index contributed by atoms with van der Waals surface area (Å²) < 4.78 is 5.24. The van der Waals surface area contributed by atoms with E-state index in [-0.39, 0.29) is 0 Å². The number of benzene rings is 1. The molecule has 130 valence electrons. The summed E-state index contributed by atoms with van der Waals surface area (Å²) in [4.78, 5) is 0. The van der Waals surface area contributed by atoms with Crippen molar-refractivity contribution in [3.05, 3.63) is 65.3 Å². The molecule has 0 aromatic heterocycles. The van der Waals surface area contributed by atoms with Crippen LogP contribution in [0.5, 0.6) is 5.75 Å². The Morgan fingerprint density at radius 2 is 1.96 bits per heavy atom. The smallest absolute Gasteiger partial charge is 0.120 e. The Labute approximate surface area is 147 Å². The van der Waals surface area contributed by atoms with E-state index < -0.39 is 0 Å². The van der Waals surface area contributed by atoms with Gasteiger partial charge in [0, 0.05) is 17.3 Å². The van der Waals surface area contributed by atoms with Gasteiger partial charge in [-0.25, -0.2) is 0 Å². The molecule has 0 aliphatic carbocycles. The monoisotopic (exact) mass is 325 g/mol. The lowest BCUT2D eigenvalue weighted by Crippen LogP contribution is -2.02. The molecule has 2 N–H and O–H groups in total. The van der Waals surface area contributed by atoms with Crippen LogP contribution in [0.1, 0.15) is 46.6 Å². The molecule has 0 aliphatic heterocycles. The highest BCUT2D eigenvalue weighted by atomic mass is 16.5. The summed E-state index contributed by atoms with van der Waals surface area (Å²) in [6.07, 6.45) is 7.40. The Morgan fingerprint density at radius 3 is 2.46 bits per heavy atom. The Balaban J connectivity index is 3.35. The Bertz CT molecular complexity index is 677. The Morgan fingerprint density at radius 1 is 1.29 bits per heavy atom. The number of ether oxygens (including phenoxy) is 1. The van der Waals surface area contributed by atoms with Gasteiger partial charge in [-0.15, -0.1) is 0 Å². The largest absolute Gasteiger partial charge is 0.497 e. The third-order valence-corrected chi connectivity index (χ3v) is 4.46. The van der Waals surface area contributed by atoms with Crippen LogP contribution in [0.15, 0.2) is 59.7 Å². The van der Waals surface area contributed by atoms with Gasteiger partial charge in [-0.3, -0.25) is 0 Å². The Hall–Kier alpha value is -2.22. The first kappa shape index (κ1) is 19.8. The molecule has 0 spiro atoms. The van der Waals surface area contributed by atoms with E-state index >= 15 is 0 Å². The molecule has 24 heavy (non-hydrogen) atoms. The van der Waals surface area contributed by atoms with Crippen molar-refractivity contribution in [3.63, 3.8) is 0 Å². The first-order valence-corrected chi connectivity index (χ1v) is 8.47. The molecule has 2 heteroatoms. The fraction of sp³-hybridized carbons (Fsp3) is 0.364. The van der Waals surface area contributed by atoms with Gasteiger partial charge in [0.15, 0.2) is 0 Å². The van der Waals surface area contributed by atoms with Crippen molar-refractivity contribution in [2.45, 2.75) is 41.0 Å². The maximum Gasteiger partial charge on any atom is 0.120 e. The summed E-state index contributed by atoms with van der Waals surface area (Å²) in [7, 11) is 1.65. The number of hydrogen-bond donors (Lipinski definition) is 1. The van der Waals surface area contributed by atoms with Crippen LogP contribution in [0.25, 0.3) is 5.57 Å². The molecule has 0 fully saturated rings. The molecule has 0 aliphatic rings. The summed E-state index contributed by atoms with van der Waals surface area (Å²) in [6, 6.07) is 5.86. The SMILES string of the molecule is C=C(C)\C=C/C=C(/C(C)=C(/C)c1ccc(OC)cc1N)C(C)CC. The second-order valence-corrected chi connectivity index (χ2v) is 6.34. The first-order chi connectivity index (χ1) is 11.3. The summed E-state index contributed by atoms with van der Waals surface area (Å²) in [5.74, 6) is 1.26. The summed E-state index contributed by atoms with van der Waals surface area (Å²) >= 11 is 0. The lowest BCUT2D eigenvalue weighted by atomic mass is 9.87. The zero-order valence-electron chi connectivity index (χ0n) is 15.9. The number of anilines is 1. The normalized spacial score (nSPS) is 14.5. The maximum atomic E-state index is 6.23. The van der Waals surface area contributed by atoms with Crippen molar-refractivity contribution in [2.24, 2.45) is 5.92 Å². The van der Waals surface area contributed by atoms with Crippen molar-refractivity contribution in [3.8, 4) is 5.75 Å². The minimum absolute atomic E-state index is 0.481. The zero-order valence-corrected chi connectivity index (χ0v) is 15.9. The number of nitrogens with two attached hydrogens (primary N) is 1. The van der Waals surface area contributed by atoms with Gasteiger partial charge < -0.3 is 10.5 Å². The van der Waals surface area contributed by atoms with E-state index in [4.69, 9.17) is 10.5 Å². The average molecular weight is 325 g/mol. The lowest BCUT2D eigenvalue weighted by Gasteiger charge is -2.19. The van der Waals surface area contributed by atoms with E-state index in [1.807, 2.05) is 31.2 Å². The van der Waals surface area contributed by atoms with Gasteiger partial charge in [-0.1, -0.05) is 44.2 Å². The van der Waals surface area contributed by atoms with Gasteiger partial charge in [0.2, 0.25) is 0 Å². The number of hydrogen-bond acceptors (Lipinski definition) is 2. The Kier molecular flexibility index (Phi) is 7.57. The second-order valence-electron chi connectivity index (χ2n) is 6.34. The van der Waals surface area contributed by atoms with Crippen LogP contribution in [-0.4, -0.2) is 7.11 Å². The fourth-order valence-electron chi connectivity index (χ4n) is 2.62. The standard InChI is InChI=1S/C22H31NO/c1-8-16(4)20(11-9-10-15(2)3)17(5)18(6)21-13-12-19(24-7)14-22(21)23/h9-14,16H,2,8,23H2,1,3-7H3/b10-9-,18-17-,20-11+. The molecule has 1 atom stereocenters. The summed E-state index contributed by atoms with van der Waals surface area (Å²) in [5, 5.41) is 0. The number of allylic oxidation sites excluding steroid dienone is 7. The molecule has 1 unspecified atom stereocenters. The third kappa shape index (κ3) is 5.16. The number of nitrogen functional groups attached to an aromatic ring is 1. The van der Waals surface area contributed by atoms with Crippen LogP contribution in [0.2, 0.25) is 0 Å². The molecule has 2 nitrogen and oxygen atoms in total. The fourth-order valence-corrected chi connectivity index (χ4v) is 2.62. The topological polar surface area (TPSA) is 35.2 Å². The predicted octanol–water partition coefficient (Wildman–Crippen LogP) is 6.18.